The van der Waals surface area contributed by atoms with E-state index < -0.39 is 6.04 Å². The largest absolute Gasteiger partial charge is 0.340 e. The molecular weight excluding hydrogens is 307 g/mol. The van der Waals surface area contributed by atoms with E-state index in [-0.39, 0.29) is 24.2 Å². The molecule has 1 unspecified atom stereocenters. The van der Waals surface area contributed by atoms with Crippen molar-refractivity contribution < 1.29 is 4.79 Å². The molecule has 0 aliphatic heterocycles. The van der Waals surface area contributed by atoms with Gasteiger partial charge in [-0.05, 0) is 23.6 Å². The van der Waals surface area contributed by atoms with Gasteiger partial charge in [-0.3, -0.25) is 4.79 Å². The van der Waals surface area contributed by atoms with Crippen LogP contribution in [0.1, 0.15) is 19.4 Å². The first-order chi connectivity index (χ1) is 8.32. The molecule has 0 heterocycles. The lowest BCUT2D eigenvalue weighted by molar-refractivity contribution is -0.132. The number of rotatable bonds is 4. The summed E-state index contributed by atoms with van der Waals surface area (Å²) >= 11 is 11.8. The Morgan fingerprint density at radius 3 is 2.37 bits per heavy atom. The Morgan fingerprint density at radius 2 is 1.89 bits per heavy atom. The number of hydrogen-bond acceptors (Lipinski definition) is 2. The van der Waals surface area contributed by atoms with E-state index in [0.717, 1.165) is 5.56 Å². The third-order valence-electron chi connectivity index (χ3n) is 2.78. The van der Waals surface area contributed by atoms with E-state index in [0.29, 0.717) is 16.6 Å². The SMILES string of the molecule is CC(C)C(N)C(=O)N(C)Cc1ccc(Cl)c(Cl)c1.Cl. The summed E-state index contributed by atoms with van der Waals surface area (Å²) in [5.41, 5.74) is 6.76. The van der Waals surface area contributed by atoms with Gasteiger partial charge in [-0.2, -0.15) is 0 Å². The molecule has 1 atom stereocenters. The maximum atomic E-state index is 12.0. The van der Waals surface area contributed by atoms with Crippen molar-refractivity contribution in [1.82, 2.24) is 4.90 Å². The molecule has 6 heteroatoms. The number of halogens is 3. The van der Waals surface area contributed by atoms with Crippen molar-refractivity contribution in [3.05, 3.63) is 33.8 Å². The fourth-order valence-electron chi connectivity index (χ4n) is 1.53. The summed E-state index contributed by atoms with van der Waals surface area (Å²) in [5, 5.41) is 0.997. The molecule has 2 N–H and O–H groups in total. The first kappa shape index (κ1) is 18.5. The fourth-order valence-corrected chi connectivity index (χ4v) is 1.85. The molecule has 1 aromatic rings. The Bertz CT molecular complexity index is 438. The lowest BCUT2D eigenvalue weighted by atomic mass is 10.0. The minimum absolute atomic E-state index is 0. The van der Waals surface area contributed by atoms with Gasteiger partial charge >= 0.3 is 0 Å². The number of amides is 1. The zero-order chi connectivity index (χ0) is 13.9. The van der Waals surface area contributed by atoms with Crippen molar-refractivity contribution in [3.63, 3.8) is 0 Å². The Balaban J connectivity index is 0.00000324. The van der Waals surface area contributed by atoms with E-state index in [2.05, 4.69) is 0 Å². The molecule has 0 spiro atoms. The molecule has 0 aromatic heterocycles. The van der Waals surface area contributed by atoms with Gasteiger partial charge in [0.15, 0.2) is 0 Å². The van der Waals surface area contributed by atoms with Gasteiger partial charge in [0.2, 0.25) is 5.91 Å². The second-order valence-electron chi connectivity index (χ2n) is 4.71. The van der Waals surface area contributed by atoms with Crippen LogP contribution in [-0.4, -0.2) is 23.9 Å². The van der Waals surface area contributed by atoms with Crippen molar-refractivity contribution >= 4 is 41.5 Å². The van der Waals surface area contributed by atoms with E-state index in [4.69, 9.17) is 28.9 Å². The Labute approximate surface area is 130 Å². The molecule has 0 saturated heterocycles. The number of benzene rings is 1. The summed E-state index contributed by atoms with van der Waals surface area (Å²) < 4.78 is 0. The van der Waals surface area contributed by atoms with Gasteiger partial charge in [0, 0.05) is 13.6 Å². The number of nitrogens with two attached hydrogens (primary N) is 1. The van der Waals surface area contributed by atoms with Gasteiger partial charge in [-0.25, -0.2) is 0 Å². The van der Waals surface area contributed by atoms with Gasteiger partial charge in [0.25, 0.3) is 0 Å². The number of carbonyl (C=O) groups excluding carboxylic acids is 1. The van der Waals surface area contributed by atoms with Gasteiger partial charge in [-0.1, -0.05) is 43.1 Å². The Kier molecular flexibility index (Phi) is 7.75. The summed E-state index contributed by atoms with van der Waals surface area (Å²) in [6.07, 6.45) is 0. The zero-order valence-corrected chi connectivity index (χ0v) is 13.5. The molecular formula is C13H19Cl3N2O. The second kappa shape index (κ2) is 7.95. The van der Waals surface area contributed by atoms with Crippen LogP contribution in [0.5, 0.6) is 0 Å². The van der Waals surface area contributed by atoms with Crippen LogP contribution < -0.4 is 5.73 Å². The molecule has 19 heavy (non-hydrogen) atoms. The predicted octanol–water partition coefficient (Wildman–Crippen LogP) is 3.36. The maximum absolute atomic E-state index is 12.0. The van der Waals surface area contributed by atoms with Gasteiger partial charge < -0.3 is 10.6 Å². The summed E-state index contributed by atoms with van der Waals surface area (Å²) in [7, 11) is 1.73. The van der Waals surface area contributed by atoms with E-state index in [9.17, 15) is 4.79 Å². The van der Waals surface area contributed by atoms with Crippen LogP contribution in [0.3, 0.4) is 0 Å². The smallest absolute Gasteiger partial charge is 0.239 e. The third kappa shape index (κ3) is 5.19. The minimum Gasteiger partial charge on any atom is -0.340 e. The summed E-state index contributed by atoms with van der Waals surface area (Å²) in [6.45, 7) is 4.32. The molecule has 0 fully saturated rings. The van der Waals surface area contributed by atoms with Crippen molar-refractivity contribution in [3.8, 4) is 0 Å². The monoisotopic (exact) mass is 324 g/mol. The predicted molar refractivity (Wildman–Crippen MR) is 83.0 cm³/mol. The minimum atomic E-state index is -0.474. The molecule has 1 rings (SSSR count). The number of likely N-dealkylation sites (N-methyl/N-ethyl adjacent to an activating group) is 1. The normalized spacial score (nSPS) is 11.9. The van der Waals surface area contributed by atoms with E-state index >= 15 is 0 Å². The quantitative estimate of drug-likeness (QED) is 0.922. The average molecular weight is 326 g/mol. The lowest BCUT2D eigenvalue weighted by Crippen LogP contribution is -2.44. The highest BCUT2D eigenvalue weighted by molar-refractivity contribution is 6.42. The lowest BCUT2D eigenvalue weighted by Gasteiger charge is -2.23. The van der Waals surface area contributed by atoms with Crippen LogP contribution in [0, 0.1) is 5.92 Å². The van der Waals surface area contributed by atoms with Crippen LogP contribution in [0.4, 0.5) is 0 Å². The van der Waals surface area contributed by atoms with Crippen LogP contribution >= 0.6 is 35.6 Å². The maximum Gasteiger partial charge on any atom is 0.239 e. The molecule has 0 aliphatic rings. The van der Waals surface area contributed by atoms with Gasteiger partial charge in [0.05, 0.1) is 16.1 Å². The first-order valence-electron chi connectivity index (χ1n) is 5.77. The van der Waals surface area contributed by atoms with Crippen LogP contribution in [0.15, 0.2) is 18.2 Å². The average Bonchev–Trinajstić information content (AvgIpc) is 2.31. The molecule has 1 aromatic carbocycles. The van der Waals surface area contributed by atoms with Crippen LogP contribution in [0.2, 0.25) is 10.0 Å². The Hall–Kier alpha value is -0.480. The molecule has 1 amide bonds. The van der Waals surface area contributed by atoms with Crippen LogP contribution in [-0.2, 0) is 11.3 Å². The van der Waals surface area contributed by atoms with Crippen molar-refractivity contribution in [2.75, 3.05) is 7.05 Å². The highest BCUT2D eigenvalue weighted by atomic mass is 35.5. The fraction of sp³-hybridized carbons (Fsp3) is 0.462. The summed E-state index contributed by atoms with van der Waals surface area (Å²) in [5.74, 6) is 0.0461. The van der Waals surface area contributed by atoms with E-state index in [1.807, 2.05) is 19.9 Å². The molecule has 0 bridgehead atoms. The molecule has 108 valence electrons. The highest BCUT2D eigenvalue weighted by Crippen LogP contribution is 2.23. The third-order valence-corrected chi connectivity index (χ3v) is 3.52. The topological polar surface area (TPSA) is 46.3 Å². The first-order valence-corrected chi connectivity index (χ1v) is 6.53. The molecule has 0 radical (unpaired) electrons. The standard InChI is InChI=1S/C13H18Cl2N2O.ClH/c1-8(2)12(16)13(18)17(3)7-9-4-5-10(14)11(15)6-9;/h4-6,8,12H,7,16H2,1-3H3;1H. The number of nitrogens with zero attached hydrogens (tertiary/aromatic N) is 1. The molecule has 0 aliphatic carbocycles. The molecule has 0 saturated carbocycles. The van der Waals surface area contributed by atoms with Crippen LogP contribution in [0.25, 0.3) is 0 Å². The Morgan fingerprint density at radius 1 is 1.32 bits per heavy atom. The summed E-state index contributed by atoms with van der Waals surface area (Å²) in [6, 6.07) is 4.85. The van der Waals surface area contributed by atoms with Gasteiger partial charge in [-0.15, -0.1) is 12.4 Å². The van der Waals surface area contributed by atoms with E-state index in [1.165, 1.54) is 0 Å². The molecule has 3 nitrogen and oxygen atoms in total. The van der Waals surface area contributed by atoms with Crippen molar-refractivity contribution in [2.45, 2.75) is 26.4 Å². The van der Waals surface area contributed by atoms with Crippen molar-refractivity contribution in [1.29, 1.82) is 0 Å². The summed E-state index contributed by atoms with van der Waals surface area (Å²) in [4.78, 5) is 13.6. The van der Waals surface area contributed by atoms with E-state index in [1.54, 1.807) is 24.1 Å². The highest BCUT2D eigenvalue weighted by Gasteiger charge is 2.21. The second-order valence-corrected chi connectivity index (χ2v) is 5.53. The van der Waals surface area contributed by atoms with Gasteiger partial charge in [0.1, 0.15) is 0 Å². The zero-order valence-electron chi connectivity index (χ0n) is 11.2. The van der Waals surface area contributed by atoms with Crippen molar-refractivity contribution in [2.24, 2.45) is 11.7 Å². The number of hydrogen-bond donors (Lipinski definition) is 1. The number of carbonyl (C=O) groups is 1.